The molecule has 18 heavy (non-hydrogen) atoms. The summed E-state index contributed by atoms with van der Waals surface area (Å²) in [4.78, 5) is 11.5. The monoisotopic (exact) mass is 274 g/mol. The Labute approximate surface area is 109 Å². The molecule has 0 atom stereocenters. The molecule has 3 N–H and O–H groups in total. The lowest BCUT2D eigenvalue weighted by molar-refractivity contribution is -0.113. The Balaban J connectivity index is 2.50. The maximum atomic E-state index is 13.2. The van der Waals surface area contributed by atoms with Crippen molar-refractivity contribution in [1.29, 1.82) is 0 Å². The molecule has 0 saturated heterocycles. The maximum absolute atomic E-state index is 13.2. The summed E-state index contributed by atoms with van der Waals surface area (Å²) in [6.07, 6.45) is 0. The molecular weight excluding hydrogens is 258 g/mol. The first kappa shape index (κ1) is 14.9. The molecule has 3 nitrogen and oxygen atoms in total. The summed E-state index contributed by atoms with van der Waals surface area (Å²) in [5, 5.41) is 2.21. The van der Waals surface area contributed by atoms with Crippen LogP contribution < -0.4 is 11.1 Å². The summed E-state index contributed by atoms with van der Waals surface area (Å²) < 4.78 is 26.5. The fraction of sp³-hybridized carbons (Fsp3) is 0.417. The molecule has 100 valence electrons. The van der Waals surface area contributed by atoms with Crippen LogP contribution in [0.15, 0.2) is 18.2 Å². The smallest absolute Gasteiger partial charge is 0.234 e. The van der Waals surface area contributed by atoms with Gasteiger partial charge in [0.1, 0.15) is 17.3 Å². The molecule has 1 aromatic rings. The number of carbonyl (C=O) groups excluding carboxylic acids is 1. The second-order valence-corrected chi connectivity index (χ2v) is 5.61. The first-order valence-corrected chi connectivity index (χ1v) is 6.55. The molecule has 0 aromatic heterocycles. The molecule has 0 aliphatic rings. The van der Waals surface area contributed by atoms with Crippen LogP contribution in [0, 0.1) is 11.6 Å². The molecule has 1 rings (SSSR count). The van der Waals surface area contributed by atoms with E-state index >= 15 is 0 Å². The van der Waals surface area contributed by atoms with E-state index in [-0.39, 0.29) is 11.3 Å². The van der Waals surface area contributed by atoms with Gasteiger partial charge in [-0.3, -0.25) is 4.79 Å². The third-order valence-electron chi connectivity index (χ3n) is 1.93. The molecule has 0 spiro atoms. The minimum absolute atomic E-state index is 0.106. The van der Waals surface area contributed by atoms with Gasteiger partial charge in [0.05, 0.1) is 5.75 Å². The zero-order chi connectivity index (χ0) is 13.8. The van der Waals surface area contributed by atoms with Gasteiger partial charge >= 0.3 is 0 Å². The molecule has 1 aromatic carbocycles. The van der Waals surface area contributed by atoms with Gasteiger partial charge in [0.2, 0.25) is 5.91 Å². The van der Waals surface area contributed by atoms with Crippen LogP contribution in [-0.4, -0.2) is 23.0 Å². The van der Waals surface area contributed by atoms with Crippen molar-refractivity contribution < 1.29 is 13.6 Å². The standard InChI is InChI=1S/C12H16F2N2OS/c1-12(2,15)7-18-6-10(17)16-11-8(13)4-3-5-9(11)14/h3-5H,6-7,15H2,1-2H3,(H,16,17). The topological polar surface area (TPSA) is 55.1 Å². The van der Waals surface area contributed by atoms with Crippen molar-refractivity contribution in [3.05, 3.63) is 29.8 Å². The van der Waals surface area contributed by atoms with Gasteiger partial charge in [0.25, 0.3) is 0 Å². The number of hydrogen-bond acceptors (Lipinski definition) is 3. The highest BCUT2D eigenvalue weighted by atomic mass is 32.2. The number of rotatable bonds is 5. The fourth-order valence-corrected chi connectivity index (χ4v) is 2.09. The van der Waals surface area contributed by atoms with Gasteiger partial charge in [0, 0.05) is 11.3 Å². The minimum atomic E-state index is -0.785. The number of halogens is 2. The summed E-state index contributed by atoms with van der Waals surface area (Å²) in [6, 6.07) is 3.43. The van der Waals surface area contributed by atoms with Gasteiger partial charge in [0.15, 0.2) is 0 Å². The number of benzene rings is 1. The van der Waals surface area contributed by atoms with E-state index in [1.54, 1.807) is 0 Å². The van der Waals surface area contributed by atoms with Crippen molar-refractivity contribution in [3.63, 3.8) is 0 Å². The predicted octanol–water partition coefficient (Wildman–Crippen LogP) is 2.37. The summed E-state index contributed by atoms with van der Waals surface area (Å²) >= 11 is 1.32. The molecule has 6 heteroatoms. The van der Waals surface area contributed by atoms with Gasteiger partial charge in [-0.25, -0.2) is 8.78 Å². The first-order valence-electron chi connectivity index (χ1n) is 5.40. The van der Waals surface area contributed by atoms with Crippen LogP contribution in [0.1, 0.15) is 13.8 Å². The van der Waals surface area contributed by atoms with Gasteiger partial charge in [-0.1, -0.05) is 6.07 Å². The van der Waals surface area contributed by atoms with Gasteiger partial charge in [-0.2, -0.15) is 11.8 Å². The van der Waals surface area contributed by atoms with E-state index in [2.05, 4.69) is 5.32 Å². The van der Waals surface area contributed by atoms with Crippen molar-refractivity contribution in [2.24, 2.45) is 5.73 Å². The number of anilines is 1. The lowest BCUT2D eigenvalue weighted by Gasteiger charge is -2.17. The van der Waals surface area contributed by atoms with Crippen LogP contribution in [0.2, 0.25) is 0 Å². The SMILES string of the molecule is CC(C)(N)CSCC(=O)Nc1c(F)cccc1F. The van der Waals surface area contributed by atoms with Crippen LogP contribution in [0.5, 0.6) is 0 Å². The van der Waals surface area contributed by atoms with Crippen LogP contribution >= 0.6 is 11.8 Å². The zero-order valence-electron chi connectivity index (χ0n) is 10.3. The van der Waals surface area contributed by atoms with E-state index < -0.39 is 23.2 Å². The number of para-hydroxylation sites is 1. The summed E-state index contributed by atoms with van der Waals surface area (Å²) in [5.41, 5.74) is 4.96. The summed E-state index contributed by atoms with van der Waals surface area (Å²) in [5.74, 6) is -1.33. The Morgan fingerprint density at radius 3 is 2.44 bits per heavy atom. The molecule has 0 unspecified atom stereocenters. The number of hydrogen-bond donors (Lipinski definition) is 2. The summed E-state index contributed by atoms with van der Waals surface area (Å²) in [6.45, 7) is 3.68. The highest BCUT2D eigenvalue weighted by Crippen LogP contribution is 2.18. The first-order chi connectivity index (χ1) is 8.29. The Hall–Kier alpha value is -1.14. The lowest BCUT2D eigenvalue weighted by Crippen LogP contribution is -2.35. The average Bonchev–Trinajstić information content (AvgIpc) is 2.22. The second kappa shape index (κ2) is 6.15. The van der Waals surface area contributed by atoms with Crippen molar-refractivity contribution in [1.82, 2.24) is 0 Å². The molecule has 0 aliphatic heterocycles. The number of thioether (sulfide) groups is 1. The molecule has 0 fully saturated rings. The van der Waals surface area contributed by atoms with E-state index in [1.165, 1.54) is 17.8 Å². The van der Waals surface area contributed by atoms with E-state index in [0.717, 1.165) is 12.1 Å². The molecule has 0 radical (unpaired) electrons. The van der Waals surface area contributed by atoms with Gasteiger partial charge in [-0.15, -0.1) is 0 Å². The van der Waals surface area contributed by atoms with E-state index in [0.29, 0.717) is 5.75 Å². The highest BCUT2D eigenvalue weighted by Gasteiger charge is 2.14. The minimum Gasteiger partial charge on any atom is -0.325 e. The Kier molecular flexibility index (Phi) is 5.10. The maximum Gasteiger partial charge on any atom is 0.234 e. The molecule has 0 aliphatic carbocycles. The Bertz CT molecular complexity index is 412. The third kappa shape index (κ3) is 5.01. The largest absolute Gasteiger partial charge is 0.325 e. The van der Waals surface area contributed by atoms with Crippen LogP contribution in [0.4, 0.5) is 14.5 Å². The van der Waals surface area contributed by atoms with Gasteiger partial charge in [-0.05, 0) is 26.0 Å². The third-order valence-corrected chi connectivity index (χ3v) is 3.35. The normalized spacial score (nSPS) is 11.4. The molecular formula is C12H16F2N2OS. The van der Waals surface area contributed by atoms with E-state index in [4.69, 9.17) is 5.73 Å². The number of nitrogens with two attached hydrogens (primary N) is 1. The van der Waals surface area contributed by atoms with Crippen molar-refractivity contribution in [3.8, 4) is 0 Å². The predicted molar refractivity (Wildman–Crippen MR) is 70.6 cm³/mol. The Morgan fingerprint density at radius 1 is 1.39 bits per heavy atom. The van der Waals surface area contributed by atoms with Crippen molar-refractivity contribution in [2.75, 3.05) is 16.8 Å². The van der Waals surface area contributed by atoms with Crippen molar-refractivity contribution in [2.45, 2.75) is 19.4 Å². The van der Waals surface area contributed by atoms with Crippen LogP contribution in [-0.2, 0) is 4.79 Å². The van der Waals surface area contributed by atoms with E-state index in [1.807, 2.05) is 13.8 Å². The Morgan fingerprint density at radius 2 is 1.94 bits per heavy atom. The lowest BCUT2D eigenvalue weighted by atomic mass is 10.1. The average molecular weight is 274 g/mol. The second-order valence-electron chi connectivity index (χ2n) is 4.63. The van der Waals surface area contributed by atoms with E-state index in [9.17, 15) is 13.6 Å². The molecule has 0 saturated carbocycles. The zero-order valence-corrected chi connectivity index (χ0v) is 11.1. The number of carbonyl (C=O) groups is 1. The molecule has 1 amide bonds. The number of amides is 1. The number of nitrogens with one attached hydrogen (secondary N) is 1. The quantitative estimate of drug-likeness (QED) is 0.866. The highest BCUT2D eigenvalue weighted by molar-refractivity contribution is 8.00. The fourth-order valence-electron chi connectivity index (χ4n) is 1.20. The van der Waals surface area contributed by atoms with Crippen LogP contribution in [0.3, 0.4) is 0 Å². The molecule has 0 heterocycles. The van der Waals surface area contributed by atoms with Gasteiger partial charge < -0.3 is 11.1 Å². The van der Waals surface area contributed by atoms with Crippen LogP contribution in [0.25, 0.3) is 0 Å². The molecule has 0 bridgehead atoms. The summed E-state index contributed by atoms with van der Waals surface area (Å²) in [7, 11) is 0. The van der Waals surface area contributed by atoms with Crippen molar-refractivity contribution >= 4 is 23.4 Å².